The van der Waals surface area contributed by atoms with Gasteiger partial charge < -0.3 is 9.13 Å². The zero-order chi connectivity index (χ0) is 16.5. The van der Waals surface area contributed by atoms with Gasteiger partial charge in [0.2, 0.25) is 5.95 Å². The SMILES string of the molecule is CCn1cc(/C=N\Nc2nc3ccccc3n2C)c2ccccc21. The molecule has 1 N–H and O–H groups in total. The number of nitrogens with one attached hydrogen (secondary N) is 1. The van der Waals surface area contributed by atoms with E-state index >= 15 is 0 Å². The molecule has 0 saturated carbocycles. The summed E-state index contributed by atoms with van der Waals surface area (Å²) in [7, 11) is 1.98. The number of rotatable bonds is 4. The number of benzene rings is 2. The van der Waals surface area contributed by atoms with Crippen molar-refractivity contribution in [1.29, 1.82) is 0 Å². The first-order chi connectivity index (χ1) is 11.8. The van der Waals surface area contributed by atoms with Crippen molar-refractivity contribution in [3.63, 3.8) is 0 Å². The van der Waals surface area contributed by atoms with Gasteiger partial charge in [0, 0.05) is 36.3 Å². The number of aryl methyl sites for hydroxylation is 2. The Hall–Kier alpha value is -3.08. The molecule has 4 rings (SSSR count). The number of nitrogens with zero attached hydrogens (tertiary/aromatic N) is 4. The molecule has 0 aliphatic carbocycles. The standard InChI is InChI=1S/C19H19N5/c1-3-24-13-14(15-8-4-6-10-17(15)24)12-20-22-19-21-16-9-5-7-11-18(16)23(19)2/h4-13H,3H2,1-2H3,(H,21,22)/b20-12-. The zero-order valence-electron chi connectivity index (χ0n) is 13.8. The van der Waals surface area contributed by atoms with Gasteiger partial charge in [0.25, 0.3) is 0 Å². The van der Waals surface area contributed by atoms with Crippen LogP contribution in [0.25, 0.3) is 21.9 Å². The zero-order valence-corrected chi connectivity index (χ0v) is 13.8. The highest BCUT2D eigenvalue weighted by Crippen LogP contribution is 2.20. The van der Waals surface area contributed by atoms with Crippen LogP contribution in [0.5, 0.6) is 0 Å². The summed E-state index contributed by atoms with van der Waals surface area (Å²) in [6, 6.07) is 16.4. The maximum absolute atomic E-state index is 4.56. The number of fused-ring (bicyclic) bond motifs is 2. The minimum Gasteiger partial charge on any atom is -0.347 e. The quantitative estimate of drug-likeness (QED) is 0.457. The Morgan fingerprint density at radius 2 is 1.83 bits per heavy atom. The molecule has 120 valence electrons. The Labute approximate surface area is 140 Å². The molecule has 0 aliphatic rings. The van der Waals surface area contributed by atoms with Crippen LogP contribution in [0, 0.1) is 0 Å². The average molecular weight is 317 g/mol. The van der Waals surface area contributed by atoms with Crippen LogP contribution >= 0.6 is 0 Å². The largest absolute Gasteiger partial charge is 0.347 e. The van der Waals surface area contributed by atoms with Crippen molar-refractivity contribution in [3.05, 3.63) is 60.3 Å². The fraction of sp³-hybridized carbons (Fsp3) is 0.158. The summed E-state index contributed by atoms with van der Waals surface area (Å²) in [5, 5.41) is 5.60. The van der Waals surface area contributed by atoms with Gasteiger partial charge in [-0.2, -0.15) is 5.10 Å². The molecule has 5 nitrogen and oxygen atoms in total. The molecule has 2 aromatic carbocycles. The van der Waals surface area contributed by atoms with Crippen LogP contribution in [0.3, 0.4) is 0 Å². The van der Waals surface area contributed by atoms with Crippen LogP contribution in [0.4, 0.5) is 5.95 Å². The highest BCUT2D eigenvalue weighted by Gasteiger charge is 2.07. The second-order valence-corrected chi connectivity index (χ2v) is 5.74. The van der Waals surface area contributed by atoms with E-state index < -0.39 is 0 Å². The van der Waals surface area contributed by atoms with Crippen molar-refractivity contribution < 1.29 is 0 Å². The van der Waals surface area contributed by atoms with Crippen LogP contribution in [0.2, 0.25) is 0 Å². The third kappa shape index (κ3) is 2.34. The maximum atomic E-state index is 4.56. The molecule has 5 heteroatoms. The molecule has 0 aliphatic heterocycles. The lowest BCUT2D eigenvalue weighted by Gasteiger charge is -2.00. The second kappa shape index (κ2) is 5.85. The van der Waals surface area contributed by atoms with Gasteiger partial charge in [-0.3, -0.25) is 0 Å². The number of anilines is 1. The lowest BCUT2D eigenvalue weighted by molar-refractivity contribution is 0.797. The van der Waals surface area contributed by atoms with Gasteiger partial charge in [0.15, 0.2) is 0 Å². The van der Waals surface area contributed by atoms with Gasteiger partial charge in [-0.25, -0.2) is 10.4 Å². The van der Waals surface area contributed by atoms with Gasteiger partial charge in [0.1, 0.15) is 0 Å². The summed E-state index contributed by atoms with van der Waals surface area (Å²) in [5.41, 5.74) is 7.42. The smallest absolute Gasteiger partial charge is 0.224 e. The van der Waals surface area contributed by atoms with Crippen molar-refractivity contribution in [3.8, 4) is 0 Å². The van der Waals surface area contributed by atoms with E-state index in [1.54, 1.807) is 0 Å². The Morgan fingerprint density at radius 1 is 1.08 bits per heavy atom. The average Bonchev–Trinajstić information content (AvgIpc) is 3.14. The Balaban J connectivity index is 1.65. The highest BCUT2D eigenvalue weighted by molar-refractivity contribution is 5.99. The van der Waals surface area contributed by atoms with Crippen molar-refractivity contribution in [2.45, 2.75) is 13.5 Å². The molecule has 24 heavy (non-hydrogen) atoms. The van der Waals surface area contributed by atoms with Gasteiger partial charge in [-0.05, 0) is 25.1 Å². The van der Waals surface area contributed by atoms with E-state index in [4.69, 9.17) is 0 Å². The van der Waals surface area contributed by atoms with Crippen molar-refractivity contribution >= 4 is 34.1 Å². The first-order valence-corrected chi connectivity index (χ1v) is 8.06. The lowest BCUT2D eigenvalue weighted by atomic mass is 10.2. The van der Waals surface area contributed by atoms with E-state index in [1.807, 2.05) is 42.1 Å². The van der Waals surface area contributed by atoms with Crippen LogP contribution in [-0.2, 0) is 13.6 Å². The first-order valence-electron chi connectivity index (χ1n) is 8.06. The van der Waals surface area contributed by atoms with Crippen molar-refractivity contribution in [2.75, 3.05) is 5.43 Å². The first kappa shape index (κ1) is 14.5. The van der Waals surface area contributed by atoms with Gasteiger partial charge in [-0.1, -0.05) is 30.3 Å². The fourth-order valence-electron chi connectivity index (χ4n) is 3.04. The molecule has 0 radical (unpaired) electrons. The topological polar surface area (TPSA) is 47.1 Å². The van der Waals surface area contributed by atoms with Crippen LogP contribution < -0.4 is 5.43 Å². The van der Waals surface area contributed by atoms with Crippen molar-refractivity contribution in [2.24, 2.45) is 12.1 Å². The summed E-state index contributed by atoms with van der Waals surface area (Å²) in [6.07, 6.45) is 3.98. The van der Waals surface area contributed by atoms with E-state index in [0.717, 1.165) is 29.1 Å². The summed E-state index contributed by atoms with van der Waals surface area (Å²) < 4.78 is 4.23. The molecule has 0 bridgehead atoms. The van der Waals surface area contributed by atoms with Gasteiger partial charge in [-0.15, -0.1) is 0 Å². The minimum absolute atomic E-state index is 0.728. The number of hydrogen-bond acceptors (Lipinski definition) is 3. The number of hydrazone groups is 1. The molecule has 0 atom stereocenters. The molecule has 0 spiro atoms. The molecule has 0 amide bonds. The molecule has 0 unspecified atom stereocenters. The van der Waals surface area contributed by atoms with E-state index in [-0.39, 0.29) is 0 Å². The fourth-order valence-corrected chi connectivity index (χ4v) is 3.04. The minimum atomic E-state index is 0.728. The Bertz CT molecular complexity index is 1040. The molecular weight excluding hydrogens is 298 g/mol. The van der Waals surface area contributed by atoms with Crippen LogP contribution in [0.15, 0.2) is 59.8 Å². The summed E-state index contributed by atoms with van der Waals surface area (Å²) in [6.45, 7) is 3.08. The summed E-state index contributed by atoms with van der Waals surface area (Å²) >= 11 is 0. The molecule has 2 aromatic heterocycles. The molecule has 4 aromatic rings. The normalized spacial score (nSPS) is 11.8. The summed E-state index contributed by atoms with van der Waals surface area (Å²) in [5.74, 6) is 0.728. The third-order valence-electron chi connectivity index (χ3n) is 4.32. The number of hydrogen-bond donors (Lipinski definition) is 1. The van der Waals surface area contributed by atoms with E-state index in [9.17, 15) is 0 Å². The monoisotopic (exact) mass is 317 g/mol. The highest BCUT2D eigenvalue weighted by atomic mass is 15.4. The summed E-state index contributed by atoms with van der Waals surface area (Å²) in [4.78, 5) is 4.56. The number of aromatic nitrogens is 3. The predicted molar refractivity (Wildman–Crippen MR) is 99.5 cm³/mol. The van der Waals surface area contributed by atoms with Crippen LogP contribution in [0.1, 0.15) is 12.5 Å². The molecule has 2 heterocycles. The molecule has 0 saturated heterocycles. The number of imidazole rings is 1. The maximum Gasteiger partial charge on any atom is 0.224 e. The Kier molecular flexibility index (Phi) is 3.54. The van der Waals surface area contributed by atoms with E-state index in [1.165, 1.54) is 10.9 Å². The molecular formula is C19H19N5. The predicted octanol–water partition coefficient (Wildman–Crippen LogP) is 3.99. The van der Waals surface area contributed by atoms with E-state index in [0.29, 0.717) is 0 Å². The number of para-hydroxylation sites is 3. The van der Waals surface area contributed by atoms with Gasteiger partial charge >= 0.3 is 0 Å². The van der Waals surface area contributed by atoms with Crippen molar-refractivity contribution in [1.82, 2.24) is 14.1 Å². The lowest BCUT2D eigenvalue weighted by Crippen LogP contribution is -1.98. The molecule has 0 fully saturated rings. The third-order valence-corrected chi connectivity index (χ3v) is 4.32. The second-order valence-electron chi connectivity index (χ2n) is 5.74. The van der Waals surface area contributed by atoms with E-state index in [2.05, 4.69) is 57.5 Å². The van der Waals surface area contributed by atoms with Crippen LogP contribution in [-0.4, -0.2) is 20.3 Å². The van der Waals surface area contributed by atoms with Gasteiger partial charge in [0.05, 0.1) is 17.2 Å². The Morgan fingerprint density at radius 3 is 2.62 bits per heavy atom.